The molecule has 0 unspecified atom stereocenters. The number of benzene rings is 4. The molecule has 2 amide bonds. The van der Waals surface area contributed by atoms with Gasteiger partial charge in [-0.15, -0.1) is 0 Å². The Morgan fingerprint density at radius 1 is 0.889 bits per heavy atom. The van der Waals surface area contributed by atoms with E-state index < -0.39 is 5.97 Å². The summed E-state index contributed by atoms with van der Waals surface area (Å²) in [4.78, 5) is 23.4. The van der Waals surface area contributed by atoms with Crippen LogP contribution in [0.5, 0.6) is 5.75 Å². The van der Waals surface area contributed by atoms with Crippen molar-refractivity contribution in [3.8, 4) is 16.9 Å². The predicted octanol–water partition coefficient (Wildman–Crippen LogP) is 6.29. The van der Waals surface area contributed by atoms with Crippen molar-refractivity contribution >= 4 is 28.5 Å². The van der Waals surface area contributed by atoms with Gasteiger partial charge in [0.15, 0.2) is 0 Å². The Hall–Kier alpha value is -4.32. The number of anilines is 1. The number of carbonyl (C=O) groups is 2. The Bertz CT molecular complexity index is 1370. The lowest BCUT2D eigenvalue weighted by Gasteiger charge is -2.15. The molecule has 0 atom stereocenters. The molecule has 0 aliphatic carbocycles. The van der Waals surface area contributed by atoms with Crippen LogP contribution in [0.15, 0.2) is 84.9 Å². The monoisotopic (exact) mass is 482 g/mol. The van der Waals surface area contributed by atoms with E-state index >= 15 is 0 Å². The van der Waals surface area contributed by atoms with Crippen LogP contribution in [-0.2, 0) is 17.6 Å². The molecule has 36 heavy (non-hydrogen) atoms. The molecule has 0 bridgehead atoms. The van der Waals surface area contributed by atoms with Crippen molar-refractivity contribution < 1.29 is 19.4 Å². The summed E-state index contributed by atoms with van der Waals surface area (Å²) in [6.07, 6.45) is 1.34. The number of carboxylic acid groups (broad SMARTS) is 1. The van der Waals surface area contributed by atoms with Gasteiger partial charge in [0.2, 0.25) is 0 Å². The predicted molar refractivity (Wildman–Crippen MR) is 144 cm³/mol. The van der Waals surface area contributed by atoms with E-state index in [2.05, 4.69) is 34.9 Å². The first-order valence-corrected chi connectivity index (χ1v) is 12.1. The Kier molecular flexibility index (Phi) is 8.19. The topological polar surface area (TPSA) is 87.7 Å². The summed E-state index contributed by atoms with van der Waals surface area (Å²) in [5.41, 5.74) is 4.69. The van der Waals surface area contributed by atoms with Crippen LogP contribution < -0.4 is 15.4 Å². The first-order chi connectivity index (χ1) is 17.5. The summed E-state index contributed by atoms with van der Waals surface area (Å²) in [7, 11) is 0. The van der Waals surface area contributed by atoms with Gasteiger partial charge in [-0.1, -0.05) is 67.6 Å². The van der Waals surface area contributed by atoms with E-state index in [4.69, 9.17) is 9.84 Å². The Labute approximate surface area is 210 Å². The minimum atomic E-state index is -0.825. The Morgan fingerprint density at radius 3 is 2.47 bits per heavy atom. The Morgan fingerprint density at radius 2 is 1.67 bits per heavy atom. The third-order valence-electron chi connectivity index (χ3n) is 6.02. The van der Waals surface area contributed by atoms with Crippen LogP contribution >= 0.6 is 0 Å². The van der Waals surface area contributed by atoms with Gasteiger partial charge in [0, 0.05) is 17.7 Å². The van der Waals surface area contributed by atoms with Gasteiger partial charge in [0.25, 0.3) is 0 Å². The summed E-state index contributed by atoms with van der Waals surface area (Å²) in [5, 5.41) is 17.1. The van der Waals surface area contributed by atoms with Gasteiger partial charge in [0.1, 0.15) is 12.4 Å². The number of aryl methyl sites for hydroxylation is 2. The normalized spacial score (nSPS) is 10.7. The maximum absolute atomic E-state index is 12.4. The SMILES string of the molecule is CCc1ccccc1NC(=O)NCCOc1ccc(CCC(=O)O)cc1-c1ccc2ccccc2c1. The number of rotatable bonds is 10. The molecule has 4 rings (SSSR count). The van der Waals surface area contributed by atoms with Crippen LogP contribution in [0.1, 0.15) is 24.5 Å². The molecule has 0 radical (unpaired) electrons. The molecule has 0 saturated heterocycles. The zero-order valence-electron chi connectivity index (χ0n) is 20.3. The first kappa shape index (κ1) is 24.8. The highest BCUT2D eigenvalue weighted by atomic mass is 16.5. The molecule has 0 spiro atoms. The summed E-state index contributed by atoms with van der Waals surface area (Å²) in [5.74, 6) is -0.142. The number of carbonyl (C=O) groups excluding carboxylic acids is 1. The summed E-state index contributed by atoms with van der Waals surface area (Å²) in [6.45, 7) is 2.67. The quantitative estimate of drug-likeness (QED) is 0.232. The molecule has 0 aromatic heterocycles. The molecular formula is C30H30N2O4. The van der Waals surface area contributed by atoms with Gasteiger partial charge >= 0.3 is 12.0 Å². The average molecular weight is 483 g/mol. The van der Waals surface area contributed by atoms with Gasteiger partial charge in [-0.25, -0.2) is 4.79 Å². The number of carboxylic acids is 1. The molecule has 0 saturated carbocycles. The number of urea groups is 1. The molecule has 3 N–H and O–H groups in total. The molecule has 0 aliphatic heterocycles. The zero-order valence-corrected chi connectivity index (χ0v) is 20.3. The second-order valence-electron chi connectivity index (χ2n) is 8.53. The number of para-hydroxylation sites is 1. The van der Waals surface area contributed by atoms with Crippen LogP contribution in [0.3, 0.4) is 0 Å². The summed E-state index contributed by atoms with van der Waals surface area (Å²) < 4.78 is 6.07. The number of fused-ring (bicyclic) bond motifs is 1. The standard InChI is InChI=1S/C30H30N2O4/c1-2-22-7-5-6-10-27(22)32-30(35)31-17-18-36-28-15-11-21(12-16-29(33)34)19-26(28)25-14-13-23-8-3-4-9-24(23)20-25/h3-11,13-15,19-20H,2,12,16-18H2,1H3,(H,33,34)(H2,31,32,35). The van der Waals surface area contributed by atoms with Gasteiger partial charge < -0.3 is 20.5 Å². The van der Waals surface area contributed by atoms with Crippen LogP contribution in [0.4, 0.5) is 10.5 Å². The number of ether oxygens (including phenoxy) is 1. The lowest BCUT2D eigenvalue weighted by Crippen LogP contribution is -2.32. The van der Waals surface area contributed by atoms with Gasteiger partial charge in [0.05, 0.1) is 6.54 Å². The van der Waals surface area contributed by atoms with Crippen LogP contribution in [0, 0.1) is 0 Å². The molecule has 0 aliphatic rings. The molecule has 4 aromatic rings. The zero-order chi connectivity index (χ0) is 25.3. The van der Waals surface area contributed by atoms with E-state index in [0.29, 0.717) is 18.7 Å². The first-order valence-electron chi connectivity index (χ1n) is 12.1. The lowest BCUT2D eigenvalue weighted by atomic mass is 9.97. The van der Waals surface area contributed by atoms with E-state index in [0.717, 1.165) is 45.1 Å². The largest absolute Gasteiger partial charge is 0.491 e. The fourth-order valence-corrected chi connectivity index (χ4v) is 4.13. The van der Waals surface area contributed by atoms with Crippen molar-refractivity contribution in [3.63, 3.8) is 0 Å². The van der Waals surface area contributed by atoms with Crippen LogP contribution in [-0.4, -0.2) is 30.3 Å². The summed E-state index contributed by atoms with van der Waals surface area (Å²) in [6, 6.07) is 27.6. The van der Waals surface area contributed by atoms with Crippen molar-refractivity contribution in [1.29, 1.82) is 0 Å². The molecule has 0 fully saturated rings. The number of hydrogen-bond acceptors (Lipinski definition) is 3. The Balaban J connectivity index is 1.45. The molecule has 184 valence electrons. The van der Waals surface area contributed by atoms with Crippen molar-refractivity contribution in [2.45, 2.75) is 26.2 Å². The van der Waals surface area contributed by atoms with Crippen molar-refractivity contribution in [1.82, 2.24) is 5.32 Å². The number of amides is 2. The molecule has 6 nitrogen and oxygen atoms in total. The number of nitrogens with one attached hydrogen (secondary N) is 2. The van der Waals surface area contributed by atoms with E-state index in [1.807, 2.05) is 67.6 Å². The highest BCUT2D eigenvalue weighted by Crippen LogP contribution is 2.33. The minimum absolute atomic E-state index is 0.0670. The minimum Gasteiger partial charge on any atom is -0.491 e. The molecular weight excluding hydrogens is 452 g/mol. The van der Waals surface area contributed by atoms with Crippen molar-refractivity contribution in [3.05, 3.63) is 96.1 Å². The van der Waals surface area contributed by atoms with Crippen molar-refractivity contribution in [2.24, 2.45) is 0 Å². The molecule has 4 aromatic carbocycles. The van der Waals surface area contributed by atoms with E-state index in [-0.39, 0.29) is 19.1 Å². The highest BCUT2D eigenvalue weighted by Gasteiger charge is 2.11. The second kappa shape index (κ2) is 11.9. The average Bonchev–Trinajstić information content (AvgIpc) is 2.90. The molecule has 0 heterocycles. The van der Waals surface area contributed by atoms with E-state index in [9.17, 15) is 9.59 Å². The number of hydrogen-bond donors (Lipinski definition) is 3. The van der Waals surface area contributed by atoms with Crippen LogP contribution in [0.25, 0.3) is 21.9 Å². The van der Waals surface area contributed by atoms with Gasteiger partial charge in [-0.05, 0) is 64.6 Å². The van der Waals surface area contributed by atoms with Crippen LogP contribution in [0.2, 0.25) is 0 Å². The maximum atomic E-state index is 12.4. The van der Waals surface area contributed by atoms with Crippen molar-refractivity contribution in [2.75, 3.05) is 18.5 Å². The van der Waals surface area contributed by atoms with Gasteiger partial charge in [-0.3, -0.25) is 4.79 Å². The highest BCUT2D eigenvalue weighted by molar-refractivity contribution is 5.90. The third kappa shape index (κ3) is 6.42. The van der Waals surface area contributed by atoms with E-state index in [1.165, 1.54) is 0 Å². The fraction of sp³-hybridized carbons (Fsp3) is 0.200. The maximum Gasteiger partial charge on any atom is 0.319 e. The summed E-state index contributed by atoms with van der Waals surface area (Å²) >= 11 is 0. The second-order valence-corrected chi connectivity index (χ2v) is 8.53. The third-order valence-corrected chi connectivity index (χ3v) is 6.02. The smallest absolute Gasteiger partial charge is 0.319 e. The lowest BCUT2D eigenvalue weighted by molar-refractivity contribution is -0.136. The van der Waals surface area contributed by atoms with Gasteiger partial charge in [-0.2, -0.15) is 0 Å². The van der Waals surface area contributed by atoms with E-state index in [1.54, 1.807) is 0 Å². The fourth-order valence-electron chi connectivity index (χ4n) is 4.13. The number of aliphatic carboxylic acids is 1. The molecule has 6 heteroatoms.